The van der Waals surface area contributed by atoms with E-state index in [2.05, 4.69) is 10.3 Å². The average Bonchev–Trinajstić information content (AvgIpc) is 3.13. The van der Waals surface area contributed by atoms with Crippen LogP contribution < -0.4 is 4.74 Å². The maximum atomic E-state index is 14.1. The molecule has 2 aliphatic heterocycles. The molecule has 0 bridgehead atoms. The second-order valence-electron chi connectivity index (χ2n) is 7.37. The van der Waals surface area contributed by atoms with Crippen molar-refractivity contribution in [2.75, 3.05) is 32.9 Å². The first-order chi connectivity index (χ1) is 13.6. The van der Waals surface area contributed by atoms with Gasteiger partial charge in [-0.15, -0.1) is 5.10 Å². The van der Waals surface area contributed by atoms with E-state index < -0.39 is 5.82 Å². The molecule has 3 heterocycles. The van der Waals surface area contributed by atoms with Crippen LogP contribution in [0.3, 0.4) is 0 Å². The Bertz CT molecular complexity index is 829. The van der Waals surface area contributed by atoms with Crippen LogP contribution in [0, 0.1) is 11.7 Å². The summed E-state index contributed by atoms with van der Waals surface area (Å²) in [6.07, 6.45) is 4.34. The van der Waals surface area contributed by atoms with E-state index in [-0.39, 0.29) is 17.7 Å². The van der Waals surface area contributed by atoms with Gasteiger partial charge in [0.1, 0.15) is 5.69 Å². The van der Waals surface area contributed by atoms with Crippen LogP contribution in [0.5, 0.6) is 5.75 Å². The highest BCUT2D eigenvalue weighted by Crippen LogP contribution is 2.28. The summed E-state index contributed by atoms with van der Waals surface area (Å²) in [5.74, 6) is 0.462. The summed E-state index contributed by atoms with van der Waals surface area (Å²) in [4.78, 5) is 14.3. The third-order valence-corrected chi connectivity index (χ3v) is 5.43. The Morgan fingerprint density at radius 1 is 1.32 bits per heavy atom. The second-order valence-corrected chi connectivity index (χ2v) is 7.37. The molecule has 28 heavy (non-hydrogen) atoms. The molecule has 0 unspecified atom stereocenters. The van der Waals surface area contributed by atoms with Gasteiger partial charge in [0.25, 0.3) is 0 Å². The Kier molecular flexibility index (Phi) is 5.57. The van der Waals surface area contributed by atoms with Crippen molar-refractivity contribution in [3.63, 3.8) is 0 Å². The topological polar surface area (TPSA) is 69.5 Å². The van der Waals surface area contributed by atoms with Crippen LogP contribution in [0.2, 0.25) is 0 Å². The molecule has 1 aromatic heterocycles. The first-order valence-electron chi connectivity index (χ1n) is 9.84. The monoisotopic (exact) mass is 388 g/mol. The van der Waals surface area contributed by atoms with Crippen LogP contribution in [-0.2, 0) is 9.53 Å². The van der Waals surface area contributed by atoms with Gasteiger partial charge in [-0.1, -0.05) is 5.21 Å². The molecular weight excluding hydrogens is 363 g/mol. The smallest absolute Gasteiger partial charge is 0.222 e. The fraction of sp³-hybridized carbons (Fsp3) is 0.550. The van der Waals surface area contributed by atoms with Crippen LogP contribution in [0.25, 0.3) is 11.3 Å². The lowest BCUT2D eigenvalue weighted by Gasteiger charge is -2.39. The minimum absolute atomic E-state index is 0.118. The second kappa shape index (κ2) is 8.26. The van der Waals surface area contributed by atoms with E-state index in [1.807, 2.05) is 11.8 Å². The van der Waals surface area contributed by atoms with Crippen LogP contribution in [0.15, 0.2) is 24.4 Å². The molecule has 0 saturated carbocycles. The normalized spacial score (nSPS) is 18.1. The summed E-state index contributed by atoms with van der Waals surface area (Å²) in [6.45, 7) is 5.03. The van der Waals surface area contributed by atoms with Crippen molar-refractivity contribution < 1.29 is 18.7 Å². The van der Waals surface area contributed by atoms with E-state index in [1.54, 1.807) is 23.0 Å². The lowest BCUT2D eigenvalue weighted by Crippen LogP contribution is -2.51. The van der Waals surface area contributed by atoms with Crippen molar-refractivity contribution in [2.45, 2.75) is 32.2 Å². The van der Waals surface area contributed by atoms with Gasteiger partial charge in [0.2, 0.25) is 5.91 Å². The van der Waals surface area contributed by atoms with Crippen molar-refractivity contribution in [2.24, 2.45) is 5.92 Å². The number of nitrogens with zero attached hydrogens (tertiary/aromatic N) is 4. The zero-order valence-corrected chi connectivity index (χ0v) is 16.0. The fourth-order valence-corrected chi connectivity index (χ4v) is 3.67. The maximum Gasteiger partial charge on any atom is 0.222 e. The van der Waals surface area contributed by atoms with Gasteiger partial charge in [0.05, 0.1) is 18.8 Å². The zero-order valence-electron chi connectivity index (χ0n) is 16.0. The number of ether oxygens (including phenoxy) is 2. The summed E-state index contributed by atoms with van der Waals surface area (Å²) >= 11 is 0. The Morgan fingerprint density at radius 2 is 2.11 bits per heavy atom. The number of carbonyl (C=O) groups excluding carboxylic acids is 1. The van der Waals surface area contributed by atoms with E-state index in [1.165, 1.54) is 6.07 Å². The van der Waals surface area contributed by atoms with Crippen LogP contribution in [-0.4, -0.2) is 58.7 Å². The SMILES string of the molecule is CCOc1ccc(-c2cn(C3CN(C(=O)CC4CCOCC4)C3)nn2)cc1F. The van der Waals surface area contributed by atoms with Gasteiger partial charge in [-0.05, 0) is 43.9 Å². The number of hydrogen-bond acceptors (Lipinski definition) is 5. The number of halogens is 1. The van der Waals surface area contributed by atoms with E-state index in [4.69, 9.17) is 9.47 Å². The molecule has 0 radical (unpaired) electrons. The molecule has 0 aliphatic carbocycles. The minimum atomic E-state index is -0.414. The molecule has 2 aliphatic rings. The molecule has 2 aromatic rings. The van der Waals surface area contributed by atoms with Gasteiger partial charge >= 0.3 is 0 Å². The zero-order chi connectivity index (χ0) is 19.5. The number of hydrogen-bond donors (Lipinski definition) is 0. The number of aromatic nitrogens is 3. The molecular formula is C20H25FN4O3. The Morgan fingerprint density at radius 3 is 2.82 bits per heavy atom. The molecule has 0 N–H and O–H groups in total. The van der Waals surface area contributed by atoms with Gasteiger partial charge in [0, 0.05) is 38.3 Å². The quantitative estimate of drug-likeness (QED) is 0.761. The summed E-state index contributed by atoms with van der Waals surface area (Å²) in [7, 11) is 0. The molecule has 150 valence electrons. The summed E-state index contributed by atoms with van der Waals surface area (Å²) in [5, 5.41) is 8.33. The third-order valence-electron chi connectivity index (χ3n) is 5.43. The number of carbonyl (C=O) groups is 1. The highest BCUT2D eigenvalue weighted by Gasteiger charge is 2.33. The van der Waals surface area contributed by atoms with Crippen molar-refractivity contribution in [1.82, 2.24) is 19.9 Å². The lowest BCUT2D eigenvalue weighted by atomic mass is 9.95. The van der Waals surface area contributed by atoms with Crippen molar-refractivity contribution in [3.05, 3.63) is 30.2 Å². The average molecular weight is 388 g/mol. The Labute approximate surface area is 163 Å². The highest BCUT2D eigenvalue weighted by atomic mass is 19.1. The van der Waals surface area contributed by atoms with Crippen LogP contribution >= 0.6 is 0 Å². The lowest BCUT2D eigenvalue weighted by molar-refractivity contribution is -0.138. The largest absolute Gasteiger partial charge is 0.491 e. The highest BCUT2D eigenvalue weighted by molar-refractivity contribution is 5.77. The Hall–Kier alpha value is -2.48. The van der Waals surface area contributed by atoms with E-state index in [0.717, 1.165) is 26.1 Å². The predicted molar refractivity (Wildman–Crippen MR) is 100 cm³/mol. The van der Waals surface area contributed by atoms with E-state index in [0.29, 0.717) is 43.3 Å². The standard InChI is InChI=1S/C20H25FN4O3/c1-2-28-19-4-3-15(10-17(19)21)18-13-25(23-22-18)16-11-24(12-16)20(26)9-14-5-7-27-8-6-14/h3-4,10,13-14,16H,2,5-9,11-12H2,1H3. The van der Waals surface area contributed by atoms with Crippen LogP contribution in [0.4, 0.5) is 4.39 Å². The van der Waals surface area contributed by atoms with E-state index >= 15 is 0 Å². The molecule has 0 spiro atoms. The summed E-state index contributed by atoms with van der Waals surface area (Å²) in [6, 6.07) is 4.90. The predicted octanol–water partition coefficient (Wildman–Crippen LogP) is 2.68. The number of benzene rings is 1. The third kappa shape index (κ3) is 4.01. The fourth-order valence-electron chi connectivity index (χ4n) is 3.67. The molecule has 8 heteroatoms. The van der Waals surface area contributed by atoms with Gasteiger partial charge in [0.15, 0.2) is 11.6 Å². The Balaban J connectivity index is 1.33. The molecule has 7 nitrogen and oxygen atoms in total. The molecule has 1 amide bonds. The van der Waals surface area contributed by atoms with Crippen molar-refractivity contribution >= 4 is 5.91 Å². The van der Waals surface area contributed by atoms with Crippen molar-refractivity contribution in [1.29, 1.82) is 0 Å². The first kappa shape index (κ1) is 18.9. The van der Waals surface area contributed by atoms with E-state index in [9.17, 15) is 9.18 Å². The number of rotatable bonds is 6. The molecule has 2 saturated heterocycles. The number of likely N-dealkylation sites (tertiary alicyclic amines) is 1. The first-order valence-corrected chi connectivity index (χ1v) is 9.84. The summed E-state index contributed by atoms with van der Waals surface area (Å²) < 4.78 is 26.4. The molecule has 2 fully saturated rings. The van der Waals surface area contributed by atoms with Gasteiger partial charge < -0.3 is 14.4 Å². The summed E-state index contributed by atoms with van der Waals surface area (Å²) in [5.41, 5.74) is 1.26. The number of amides is 1. The van der Waals surface area contributed by atoms with Crippen molar-refractivity contribution in [3.8, 4) is 17.0 Å². The molecule has 1 aromatic carbocycles. The van der Waals surface area contributed by atoms with Gasteiger partial charge in [-0.3, -0.25) is 4.79 Å². The van der Waals surface area contributed by atoms with Gasteiger partial charge in [-0.2, -0.15) is 0 Å². The minimum Gasteiger partial charge on any atom is -0.491 e. The molecule has 0 atom stereocenters. The molecule has 4 rings (SSSR count). The van der Waals surface area contributed by atoms with Gasteiger partial charge in [-0.25, -0.2) is 9.07 Å². The maximum absolute atomic E-state index is 14.1. The van der Waals surface area contributed by atoms with Crippen LogP contribution in [0.1, 0.15) is 32.2 Å².